The van der Waals surface area contributed by atoms with E-state index in [1.165, 1.54) is 0 Å². The fourth-order valence-electron chi connectivity index (χ4n) is 2.01. The average Bonchev–Trinajstić information content (AvgIpc) is 2.32. The number of nitrogens with two attached hydrogens (primary N) is 1. The van der Waals surface area contributed by atoms with Crippen molar-refractivity contribution in [2.45, 2.75) is 40.2 Å². The Kier molecular flexibility index (Phi) is 5.83. The Hall–Kier alpha value is -1.55. The molecule has 19 heavy (non-hydrogen) atoms. The third kappa shape index (κ3) is 4.91. The second kappa shape index (κ2) is 7.14. The van der Waals surface area contributed by atoms with Crippen molar-refractivity contribution in [2.24, 2.45) is 0 Å². The number of benzene rings is 1. The molecule has 1 rings (SSSR count). The van der Waals surface area contributed by atoms with Gasteiger partial charge in [0.1, 0.15) is 0 Å². The Bertz CT molecular complexity index is 429. The molecule has 0 aliphatic carbocycles. The first kappa shape index (κ1) is 15.5. The van der Waals surface area contributed by atoms with Crippen LogP contribution in [-0.2, 0) is 4.79 Å². The monoisotopic (exact) mass is 263 g/mol. The standard InChI is InChI=1S/C15H25N3O/c1-5-8-18(11(2)3)10-15(19)17-14-7-6-13(16)9-12(14)4/h6-7,9,11H,5,8,10,16H2,1-4H3,(H,17,19). The highest BCUT2D eigenvalue weighted by molar-refractivity contribution is 5.93. The molecule has 4 heteroatoms. The number of hydrogen-bond donors (Lipinski definition) is 2. The van der Waals surface area contributed by atoms with E-state index in [1.807, 2.05) is 19.1 Å². The van der Waals surface area contributed by atoms with Crippen molar-refractivity contribution < 1.29 is 4.79 Å². The van der Waals surface area contributed by atoms with E-state index in [0.29, 0.717) is 18.3 Å². The number of amides is 1. The van der Waals surface area contributed by atoms with Crippen molar-refractivity contribution in [3.8, 4) is 0 Å². The highest BCUT2D eigenvalue weighted by Gasteiger charge is 2.13. The van der Waals surface area contributed by atoms with Gasteiger partial charge in [0.15, 0.2) is 0 Å². The first-order chi connectivity index (χ1) is 8.93. The molecule has 0 heterocycles. The van der Waals surface area contributed by atoms with Crippen LogP contribution in [-0.4, -0.2) is 29.9 Å². The van der Waals surface area contributed by atoms with Gasteiger partial charge in [-0.3, -0.25) is 9.69 Å². The molecule has 3 N–H and O–H groups in total. The Morgan fingerprint density at radius 1 is 1.42 bits per heavy atom. The molecule has 0 saturated heterocycles. The number of anilines is 2. The van der Waals surface area contributed by atoms with Gasteiger partial charge >= 0.3 is 0 Å². The van der Waals surface area contributed by atoms with Gasteiger partial charge in [-0.25, -0.2) is 0 Å². The van der Waals surface area contributed by atoms with Crippen molar-refractivity contribution in [3.05, 3.63) is 23.8 Å². The highest BCUT2D eigenvalue weighted by Crippen LogP contribution is 2.17. The van der Waals surface area contributed by atoms with Gasteiger partial charge in [0, 0.05) is 17.4 Å². The van der Waals surface area contributed by atoms with Gasteiger partial charge in [0.05, 0.1) is 6.54 Å². The molecule has 0 aliphatic rings. The summed E-state index contributed by atoms with van der Waals surface area (Å²) in [4.78, 5) is 14.2. The zero-order chi connectivity index (χ0) is 14.4. The van der Waals surface area contributed by atoms with Gasteiger partial charge in [-0.05, 0) is 57.5 Å². The summed E-state index contributed by atoms with van der Waals surface area (Å²) in [5, 5.41) is 2.95. The number of nitrogens with one attached hydrogen (secondary N) is 1. The Morgan fingerprint density at radius 3 is 2.63 bits per heavy atom. The molecule has 0 saturated carbocycles. The Morgan fingerprint density at radius 2 is 2.11 bits per heavy atom. The number of carbonyl (C=O) groups is 1. The summed E-state index contributed by atoms with van der Waals surface area (Å²) in [7, 11) is 0. The molecule has 0 bridgehead atoms. The van der Waals surface area contributed by atoms with E-state index in [4.69, 9.17) is 5.73 Å². The van der Waals surface area contributed by atoms with Crippen LogP contribution in [0.25, 0.3) is 0 Å². The molecule has 1 aromatic rings. The molecule has 0 radical (unpaired) electrons. The molecule has 0 spiro atoms. The average molecular weight is 263 g/mol. The van der Waals surface area contributed by atoms with Crippen LogP contribution >= 0.6 is 0 Å². The zero-order valence-corrected chi connectivity index (χ0v) is 12.4. The number of nitrogens with zero attached hydrogens (tertiary/aromatic N) is 1. The van der Waals surface area contributed by atoms with Gasteiger partial charge < -0.3 is 11.1 Å². The summed E-state index contributed by atoms with van der Waals surface area (Å²) in [5.41, 5.74) is 8.23. The number of aryl methyl sites for hydroxylation is 1. The predicted octanol–water partition coefficient (Wildman–Crippen LogP) is 2.64. The van der Waals surface area contributed by atoms with E-state index in [1.54, 1.807) is 6.07 Å². The zero-order valence-electron chi connectivity index (χ0n) is 12.4. The second-order valence-electron chi connectivity index (χ2n) is 5.19. The van der Waals surface area contributed by atoms with Crippen LogP contribution in [0.5, 0.6) is 0 Å². The van der Waals surface area contributed by atoms with E-state index in [0.717, 1.165) is 24.2 Å². The van der Waals surface area contributed by atoms with Gasteiger partial charge in [-0.2, -0.15) is 0 Å². The van der Waals surface area contributed by atoms with Crippen LogP contribution in [0.4, 0.5) is 11.4 Å². The molecule has 0 aliphatic heterocycles. The quantitative estimate of drug-likeness (QED) is 0.776. The van der Waals surface area contributed by atoms with Gasteiger partial charge in [-0.1, -0.05) is 6.92 Å². The van der Waals surface area contributed by atoms with Crippen molar-refractivity contribution in [1.29, 1.82) is 0 Å². The first-order valence-corrected chi connectivity index (χ1v) is 6.84. The fraction of sp³-hybridized carbons (Fsp3) is 0.533. The van der Waals surface area contributed by atoms with E-state index < -0.39 is 0 Å². The van der Waals surface area contributed by atoms with Crippen LogP contribution in [0.2, 0.25) is 0 Å². The minimum Gasteiger partial charge on any atom is -0.399 e. The molecule has 0 atom stereocenters. The van der Waals surface area contributed by atoms with Gasteiger partial charge in [-0.15, -0.1) is 0 Å². The lowest BCUT2D eigenvalue weighted by Crippen LogP contribution is -2.38. The number of carbonyl (C=O) groups excluding carboxylic acids is 1. The normalized spacial score (nSPS) is 11.1. The smallest absolute Gasteiger partial charge is 0.238 e. The van der Waals surface area contributed by atoms with Crippen LogP contribution < -0.4 is 11.1 Å². The maximum Gasteiger partial charge on any atom is 0.238 e. The van der Waals surface area contributed by atoms with Crippen molar-refractivity contribution >= 4 is 17.3 Å². The maximum absolute atomic E-state index is 12.1. The predicted molar refractivity (Wildman–Crippen MR) is 81.2 cm³/mol. The summed E-state index contributed by atoms with van der Waals surface area (Å²) in [6, 6.07) is 5.89. The Labute approximate surface area is 116 Å². The molecular formula is C15H25N3O. The minimum atomic E-state index is 0.0232. The van der Waals surface area contributed by atoms with E-state index in [2.05, 4.69) is 31.0 Å². The molecule has 106 valence electrons. The molecule has 4 nitrogen and oxygen atoms in total. The minimum absolute atomic E-state index is 0.0232. The molecule has 1 amide bonds. The summed E-state index contributed by atoms with van der Waals surface area (Å²) in [6.45, 7) is 9.64. The number of hydrogen-bond acceptors (Lipinski definition) is 3. The van der Waals surface area contributed by atoms with Crippen LogP contribution in [0.3, 0.4) is 0 Å². The SMILES string of the molecule is CCCN(CC(=O)Nc1ccc(N)cc1C)C(C)C. The van der Waals surface area contributed by atoms with Crippen molar-refractivity contribution in [3.63, 3.8) is 0 Å². The first-order valence-electron chi connectivity index (χ1n) is 6.84. The van der Waals surface area contributed by atoms with Crippen molar-refractivity contribution in [2.75, 3.05) is 24.1 Å². The maximum atomic E-state index is 12.1. The third-order valence-electron chi connectivity index (χ3n) is 3.11. The Balaban J connectivity index is 2.63. The topological polar surface area (TPSA) is 58.4 Å². The molecule has 0 unspecified atom stereocenters. The van der Waals surface area contributed by atoms with E-state index in [-0.39, 0.29) is 5.91 Å². The van der Waals surface area contributed by atoms with E-state index in [9.17, 15) is 4.79 Å². The fourth-order valence-corrected chi connectivity index (χ4v) is 2.01. The van der Waals surface area contributed by atoms with Crippen molar-refractivity contribution in [1.82, 2.24) is 4.90 Å². The summed E-state index contributed by atoms with van der Waals surface area (Å²) in [6.07, 6.45) is 1.05. The molecule has 0 aromatic heterocycles. The summed E-state index contributed by atoms with van der Waals surface area (Å²) < 4.78 is 0. The second-order valence-corrected chi connectivity index (χ2v) is 5.19. The summed E-state index contributed by atoms with van der Waals surface area (Å²) in [5.74, 6) is 0.0232. The largest absolute Gasteiger partial charge is 0.399 e. The van der Waals surface area contributed by atoms with Gasteiger partial charge in [0.2, 0.25) is 5.91 Å². The molecule has 0 fully saturated rings. The summed E-state index contributed by atoms with van der Waals surface area (Å²) >= 11 is 0. The third-order valence-corrected chi connectivity index (χ3v) is 3.11. The lowest BCUT2D eigenvalue weighted by Gasteiger charge is -2.25. The molecular weight excluding hydrogens is 238 g/mol. The van der Waals surface area contributed by atoms with Crippen LogP contribution in [0, 0.1) is 6.92 Å². The lowest BCUT2D eigenvalue weighted by molar-refractivity contribution is -0.117. The highest BCUT2D eigenvalue weighted by atomic mass is 16.2. The number of rotatable bonds is 6. The number of nitrogen functional groups attached to an aromatic ring is 1. The molecule has 1 aromatic carbocycles. The van der Waals surface area contributed by atoms with Crippen LogP contribution in [0.15, 0.2) is 18.2 Å². The lowest BCUT2D eigenvalue weighted by atomic mass is 10.2. The van der Waals surface area contributed by atoms with Crippen LogP contribution in [0.1, 0.15) is 32.8 Å². The van der Waals surface area contributed by atoms with Gasteiger partial charge in [0.25, 0.3) is 0 Å². The van der Waals surface area contributed by atoms with E-state index >= 15 is 0 Å².